The molecule has 5 nitrogen and oxygen atoms in total. The van der Waals surface area contributed by atoms with Crippen molar-refractivity contribution in [2.24, 2.45) is 5.10 Å². The Balaban J connectivity index is 1.81. The van der Waals surface area contributed by atoms with Gasteiger partial charge in [-0.2, -0.15) is 9.78 Å². The zero-order valence-electron chi connectivity index (χ0n) is 17.1. The van der Waals surface area contributed by atoms with E-state index in [9.17, 15) is 4.79 Å². The van der Waals surface area contributed by atoms with E-state index in [4.69, 9.17) is 11.6 Å². The van der Waals surface area contributed by atoms with Crippen molar-refractivity contribution in [2.45, 2.75) is 27.7 Å². The lowest BCUT2D eigenvalue weighted by Gasteiger charge is -2.13. The van der Waals surface area contributed by atoms with Crippen LogP contribution in [0.5, 0.6) is 0 Å². The number of hydrogen-bond acceptors (Lipinski definition) is 3. The highest BCUT2D eigenvalue weighted by Crippen LogP contribution is 2.26. The van der Waals surface area contributed by atoms with Crippen LogP contribution in [0.3, 0.4) is 0 Å². The van der Waals surface area contributed by atoms with Gasteiger partial charge in [0.25, 0.3) is 5.56 Å². The number of fused-ring (bicyclic) bond motifs is 1. The average molecular weight is 484 g/mol. The number of halogens is 2. The Morgan fingerprint density at radius 2 is 1.87 bits per heavy atom. The number of benzene rings is 2. The van der Waals surface area contributed by atoms with Crippen LogP contribution in [0.4, 0.5) is 0 Å². The van der Waals surface area contributed by atoms with Gasteiger partial charge in [0.15, 0.2) is 0 Å². The predicted octanol–water partition coefficient (Wildman–Crippen LogP) is 5.72. The van der Waals surface area contributed by atoms with Crippen LogP contribution in [0, 0.1) is 27.7 Å². The van der Waals surface area contributed by atoms with Gasteiger partial charge in [0, 0.05) is 32.1 Å². The number of aryl methyl sites for hydroxylation is 2. The van der Waals surface area contributed by atoms with E-state index in [0.29, 0.717) is 16.7 Å². The van der Waals surface area contributed by atoms with Crippen LogP contribution >= 0.6 is 27.5 Å². The second kappa shape index (κ2) is 7.85. The summed E-state index contributed by atoms with van der Waals surface area (Å²) in [5, 5.41) is 5.71. The van der Waals surface area contributed by atoms with Crippen LogP contribution in [0.15, 0.2) is 56.8 Å². The molecule has 0 fully saturated rings. The number of aromatic nitrogens is 3. The van der Waals surface area contributed by atoms with Gasteiger partial charge in [-0.15, -0.1) is 0 Å². The van der Waals surface area contributed by atoms with Crippen LogP contribution in [0.1, 0.15) is 28.3 Å². The summed E-state index contributed by atoms with van der Waals surface area (Å²) in [4.78, 5) is 17.5. The molecule has 0 aliphatic heterocycles. The Morgan fingerprint density at radius 1 is 1.10 bits per heavy atom. The van der Waals surface area contributed by atoms with Gasteiger partial charge in [-0.3, -0.25) is 4.79 Å². The summed E-state index contributed by atoms with van der Waals surface area (Å²) < 4.78 is 4.31. The van der Waals surface area contributed by atoms with Gasteiger partial charge in [0.2, 0.25) is 0 Å². The standard InChI is InChI=1S/C23H20BrClN4O/c1-13-10-17(15(3)28(13)22-7-5-6-20(25)14(22)2)12-26-29-16(4)27-21-9-8-18(24)11-19(21)23(29)30/h5-12H,1-4H3. The van der Waals surface area contributed by atoms with Gasteiger partial charge in [-0.25, -0.2) is 4.98 Å². The predicted molar refractivity (Wildman–Crippen MR) is 126 cm³/mol. The van der Waals surface area contributed by atoms with Gasteiger partial charge in [-0.1, -0.05) is 33.6 Å². The molecule has 7 heteroatoms. The lowest BCUT2D eigenvalue weighted by atomic mass is 10.2. The third-order valence-corrected chi connectivity index (χ3v) is 6.14. The second-order valence-corrected chi connectivity index (χ2v) is 8.55. The van der Waals surface area contributed by atoms with E-state index >= 15 is 0 Å². The van der Waals surface area contributed by atoms with Gasteiger partial charge < -0.3 is 4.57 Å². The minimum atomic E-state index is -0.199. The van der Waals surface area contributed by atoms with Crippen LogP contribution in [-0.2, 0) is 0 Å². The highest BCUT2D eigenvalue weighted by Gasteiger charge is 2.13. The third-order valence-electron chi connectivity index (χ3n) is 5.23. The van der Waals surface area contributed by atoms with E-state index < -0.39 is 0 Å². The van der Waals surface area contributed by atoms with Crippen molar-refractivity contribution in [1.82, 2.24) is 14.2 Å². The SMILES string of the molecule is Cc1c(Cl)cccc1-n1c(C)cc(C=Nn2c(C)nc3ccc(Br)cc3c2=O)c1C. The summed E-state index contributed by atoms with van der Waals surface area (Å²) in [6.45, 7) is 7.85. The van der Waals surface area contributed by atoms with Gasteiger partial charge >= 0.3 is 0 Å². The largest absolute Gasteiger partial charge is 0.318 e. The summed E-state index contributed by atoms with van der Waals surface area (Å²) in [6, 6.07) is 13.4. The molecule has 0 aliphatic rings. The number of nitrogens with zero attached hydrogens (tertiary/aromatic N) is 4. The van der Waals surface area contributed by atoms with Crippen LogP contribution < -0.4 is 5.56 Å². The van der Waals surface area contributed by atoms with Gasteiger partial charge in [-0.05, 0) is 69.7 Å². The van der Waals surface area contributed by atoms with Crippen LogP contribution in [0.2, 0.25) is 5.02 Å². The first-order valence-corrected chi connectivity index (χ1v) is 10.6. The molecule has 0 N–H and O–H groups in total. The molecule has 0 saturated heterocycles. The van der Waals surface area contributed by atoms with Crippen molar-refractivity contribution in [3.63, 3.8) is 0 Å². The Bertz CT molecular complexity index is 1380. The Labute approximate surface area is 187 Å². The summed E-state index contributed by atoms with van der Waals surface area (Å²) in [6.07, 6.45) is 1.71. The summed E-state index contributed by atoms with van der Waals surface area (Å²) >= 11 is 9.73. The van der Waals surface area contributed by atoms with E-state index in [-0.39, 0.29) is 5.56 Å². The molecule has 2 aromatic carbocycles. The normalized spacial score (nSPS) is 11.7. The fourth-order valence-electron chi connectivity index (χ4n) is 3.64. The summed E-state index contributed by atoms with van der Waals surface area (Å²) in [5.41, 5.74) is 5.50. The molecule has 0 unspecified atom stereocenters. The minimum absolute atomic E-state index is 0.199. The minimum Gasteiger partial charge on any atom is -0.318 e. The van der Waals surface area contributed by atoms with Crippen LogP contribution in [-0.4, -0.2) is 20.4 Å². The quantitative estimate of drug-likeness (QED) is 0.350. The molecule has 0 saturated carbocycles. The monoisotopic (exact) mass is 482 g/mol. The second-order valence-electron chi connectivity index (χ2n) is 7.23. The van der Waals surface area contributed by atoms with E-state index in [1.165, 1.54) is 4.68 Å². The number of rotatable bonds is 3. The zero-order chi connectivity index (χ0) is 21.6. The maximum atomic E-state index is 13.0. The van der Waals surface area contributed by atoms with Crippen LogP contribution in [0.25, 0.3) is 16.6 Å². The highest BCUT2D eigenvalue weighted by molar-refractivity contribution is 9.10. The third kappa shape index (κ3) is 3.50. The first-order valence-electron chi connectivity index (χ1n) is 9.45. The summed E-state index contributed by atoms with van der Waals surface area (Å²) in [5.74, 6) is 0.533. The lowest BCUT2D eigenvalue weighted by Crippen LogP contribution is -2.20. The first-order chi connectivity index (χ1) is 14.3. The zero-order valence-corrected chi connectivity index (χ0v) is 19.4. The molecule has 0 amide bonds. The molecule has 2 heterocycles. The van der Waals surface area contributed by atoms with E-state index in [1.807, 2.05) is 57.2 Å². The molecule has 0 spiro atoms. The van der Waals surface area contributed by atoms with Crippen molar-refractivity contribution in [3.8, 4) is 5.69 Å². The number of hydrogen-bond donors (Lipinski definition) is 0. The summed E-state index contributed by atoms with van der Waals surface area (Å²) in [7, 11) is 0. The van der Waals surface area contributed by atoms with Crippen molar-refractivity contribution in [3.05, 3.63) is 90.7 Å². The molecule has 0 atom stereocenters. The molecule has 4 aromatic rings. The maximum absolute atomic E-state index is 13.0. The van der Waals surface area contributed by atoms with E-state index in [0.717, 1.165) is 37.7 Å². The molecule has 4 rings (SSSR count). The fraction of sp³-hybridized carbons (Fsp3) is 0.174. The van der Waals surface area contributed by atoms with Crippen molar-refractivity contribution >= 4 is 44.6 Å². The Hall–Kier alpha value is -2.70. The molecular weight excluding hydrogens is 464 g/mol. The van der Waals surface area contributed by atoms with Gasteiger partial charge in [0.1, 0.15) is 5.82 Å². The average Bonchev–Trinajstić information content (AvgIpc) is 2.98. The van der Waals surface area contributed by atoms with Gasteiger partial charge in [0.05, 0.1) is 17.1 Å². The molecule has 0 radical (unpaired) electrons. The van der Waals surface area contributed by atoms with Crippen molar-refractivity contribution in [2.75, 3.05) is 0 Å². The topological polar surface area (TPSA) is 52.2 Å². The maximum Gasteiger partial charge on any atom is 0.282 e. The molecule has 30 heavy (non-hydrogen) atoms. The molecular formula is C23H20BrClN4O. The highest BCUT2D eigenvalue weighted by atomic mass is 79.9. The van der Waals surface area contributed by atoms with Crippen molar-refractivity contribution < 1.29 is 0 Å². The Morgan fingerprint density at radius 3 is 2.63 bits per heavy atom. The molecule has 152 valence electrons. The van der Waals surface area contributed by atoms with E-state index in [2.05, 4.69) is 30.6 Å². The molecule has 0 bridgehead atoms. The van der Waals surface area contributed by atoms with Crippen molar-refractivity contribution in [1.29, 1.82) is 0 Å². The first kappa shape index (κ1) is 20.6. The smallest absolute Gasteiger partial charge is 0.282 e. The molecule has 2 aromatic heterocycles. The van der Waals surface area contributed by atoms with E-state index in [1.54, 1.807) is 19.2 Å². The lowest BCUT2D eigenvalue weighted by molar-refractivity contribution is 0.770. The molecule has 0 aliphatic carbocycles. The Kier molecular flexibility index (Phi) is 5.38. The fourth-order valence-corrected chi connectivity index (χ4v) is 4.17.